The van der Waals surface area contributed by atoms with Crippen molar-refractivity contribution in [3.05, 3.63) is 23.7 Å². The number of nitrogen functional groups attached to an aromatic ring is 1. The molecule has 2 rings (SSSR count). The lowest BCUT2D eigenvalue weighted by Gasteiger charge is -2.12. The fourth-order valence-electron chi connectivity index (χ4n) is 2.01. The third kappa shape index (κ3) is 2.24. The lowest BCUT2D eigenvalue weighted by molar-refractivity contribution is -0.140. The minimum Gasteiger partial charge on any atom is -0.467 e. The smallest absolute Gasteiger partial charge is 0.268 e. The molecule has 1 aromatic heterocycles. The van der Waals surface area contributed by atoms with E-state index in [1.165, 1.54) is 12.3 Å². The summed E-state index contributed by atoms with van der Waals surface area (Å²) in [6.07, 6.45) is 1.23. The number of hydrogen-bond acceptors (Lipinski definition) is 5. The van der Waals surface area contributed by atoms with Gasteiger partial charge in [-0.05, 0) is 6.07 Å². The zero-order valence-electron chi connectivity index (χ0n) is 10.7. The molecular formula is C12H15N3O4. The van der Waals surface area contributed by atoms with Crippen LogP contribution in [0.25, 0.3) is 0 Å². The SMILES string of the molecule is CC1C(=O)N(Cc2cc(C(=O)NN)co2)C(=O)C1C. The number of hydrogen-bond donors (Lipinski definition) is 2. The zero-order chi connectivity index (χ0) is 14.2. The standard InChI is InChI=1S/C12H15N3O4/c1-6-7(2)12(18)15(11(6)17)4-9-3-8(5-19-9)10(16)14-13/h3,5-7H,4,13H2,1-2H3,(H,14,16). The van der Waals surface area contributed by atoms with E-state index in [0.717, 1.165) is 4.90 Å². The van der Waals surface area contributed by atoms with Gasteiger partial charge in [0.05, 0.1) is 12.1 Å². The Kier molecular flexibility index (Phi) is 3.39. The molecule has 0 aliphatic carbocycles. The second-order valence-electron chi connectivity index (χ2n) is 4.62. The number of hydrazine groups is 1. The first-order valence-corrected chi connectivity index (χ1v) is 5.89. The van der Waals surface area contributed by atoms with Gasteiger partial charge in [0.2, 0.25) is 11.8 Å². The van der Waals surface area contributed by atoms with Gasteiger partial charge in [-0.15, -0.1) is 0 Å². The number of likely N-dealkylation sites (tertiary alicyclic amines) is 1. The van der Waals surface area contributed by atoms with Crippen molar-refractivity contribution < 1.29 is 18.8 Å². The molecule has 2 heterocycles. The fraction of sp³-hybridized carbons (Fsp3) is 0.417. The topological polar surface area (TPSA) is 106 Å². The van der Waals surface area contributed by atoms with Crippen LogP contribution in [0.1, 0.15) is 30.0 Å². The average molecular weight is 265 g/mol. The monoisotopic (exact) mass is 265 g/mol. The molecular weight excluding hydrogens is 250 g/mol. The Morgan fingerprint density at radius 3 is 2.47 bits per heavy atom. The Bertz CT molecular complexity index is 517. The van der Waals surface area contributed by atoms with E-state index in [1.807, 2.05) is 5.43 Å². The van der Waals surface area contributed by atoms with E-state index in [4.69, 9.17) is 10.3 Å². The summed E-state index contributed by atoms with van der Waals surface area (Å²) < 4.78 is 5.15. The van der Waals surface area contributed by atoms with Crippen molar-refractivity contribution >= 4 is 17.7 Å². The highest BCUT2D eigenvalue weighted by atomic mass is 16.3. The molecule has 2 unspecified atom stereocenters. The van der Waals surface area contributed by atoms with E-state index in [0.29, 0.717) is 5.76 Å². The number of furan rings is 1. The summed E-state index contributed by atoms with van der Waals surface area (Å²) >= 11 is 0. The lowest BCUT2D eigenvalue weighted by Crippen LogP contribution is -2.30. The van der Waals surface area contributed by atoms with Gasteiger partial charge in [-0.3, -0.25) is 24.7 Å². The van der Waals surface area contributed by atoms with Crippen LogP contribution in [0.5, 0.6) is 0 Å². The summed E-state index contributed by atoms with van der Waals surface area (Å²) in [6.45, 7) is 3.48. The predicted octanol–water partition coefficient (Wildman–Crippen LogP) is 0.0241. The highest BCUT2D eigenvalue weighted by molar-refractivity contribution is 6.04. The molecule has 19 heavy (non-hydrogen) atoms. The van der Waals surface area contributed by atoms with Crippen LogP contribution in [0.3, 0.4) is 0 Å². The third-order valence-electron chi connectivity index (χ3n) is 3.42. The van der Waals surface area contributed by atoms with Crippen LogP contribution in [0.2, 0.25) is 0 Å². The molecule has 1 aliphatic rings. The molecule has 7 nitrogen and oxygen atoms in total. The van der Waals surface area contributed by atoms with Crippen LogP contribution in [0.4, 0.5) is 0 Å². The van der Waals surface area contributed by atoms with Crippen LogP contribution >= 0.6 is 0 Å². The van der Waals surface area contributed by atoms with Crippen molar-refractivity contribution in [2.24, 2.45) is 17.7 Å². The maximum atomic E-state index is 11.9. The third-order valence-corrected chi connectivity index (χ3v) is 3.42. The molecule has 0 aromatic carbocycles. The quantitative estimate of drug-likeness (QED) is 0.347. The summed E-state index contributed by atoms with van der Waals surface area (Å²) in [5.74, 6) is 3.77. The van der Waals surface area contributed by atoms with Gasteiger partial charge in [0.25, 0.3) is 5.91 Å². The molecule has 0 saturated carbocycles. The van der Waals surface area contributed by atoms with Crippen molar-refractivity contribution in [2.45, 2.75) is 20.4 Å². The van der Waals surface area contributed by atoms with E-state index < -0.39 is 5.91 Å². The van der Waals surface area contributed by atoms with Crippen molar-refractivity contribution in [3.63, 3.8) is 0 Å². The number of rotatable bonds is 3. The van der Waals surface area contributed by atoms with E-state index in [-0.39, 0.29) is 35.8 Å². The molecule has 0 radical (unpaired) electrons. The van der Waals surface area contributed by atoms with Gasteiger partial charge in [0, 0.05) is 11.8 Å². The maximum absolute atomic E-state index is 11.9. The Balaban J connectivity index is 2.14. The summed E-state index contributed by atoms with van der Waals surface area (Å²) in [5.41, 5.74) is 2.22. The molecule has 0 bridgehead atoms. The number of carbonyl (C=O) groups excluding carboxylic acids is 3. The number of nitrogens with two attached hydrogens (primary N) is 1. The van der Waals surface area contributed by atoms with Crippen molar-refractivity contribution in [3.8, 4) is 0 Å². The zero-order valence-corrected chi connectivity index (χ0v) is 10.7. The highest BCUT2D eigenvalue weighted by Crippen LogP contribution is 2.27. The molecule has 3 amide bonds. The van der Waals surface area contributed by atoms with Gasteiger partial charge in [-0.1, -0.05) is 13.8 Å². The average Bonchev–Trinajstić information content (AvgIpc) is 2.94. The Morgan fingerprint density at radius 2 is 1.95 bits per heavy atom. The minimum atomic E-state index is -0.490. The maximum Gasteiger partial charge on any atom is 0.268 e. The van der Waals surface area contributed by atoms with E-state index in [9.17, 15) is 14.4 Å². The summed E-state index contributed by atoms with van der Waals surface area (Å²) in [7, 11) is 0. The van der Waals surface area contributed by atoms with Gasteiger partial charge in [-0.2, -0.15) is 0 Å². The Labute approximate surface area is 109 Å². The lowest BCUT2D eigenvalue weighted by atomic mass is 10.00. The second kappa shape index (κ2) is 4.85. The summed E-state index contributed by atoms with van der Waals surface area (Å²) in [5, 5.41) is 0. The fourth-order valence-corrected chi connectivity index (χ4v) is 2.01. The molecule has 3 N–H and O–H groups in total. The molecule has 1 aromatic rings. The van der Waals surface area contributed by atoms with E-state index in [1.54, 1.807) is 13.8 Å². The minimum absolute atomic E-state index is 0.0319. The van der Waals surface area contributed by atoms with Crippen LogP contribution < -0.4 is 11.3 Å². The molecule has 102 valence electrons. The van der Waals surface area contributed by atoms with Gasteiger partial charge in [0.15, 0.2) is 0 Å². The number of amides is 3. The molecule has 1 saturated heterocycles. The Morgan fingerprint density at radius 1 is 1.37 bits per heavy atom. The van der Waals surface area contributed by atoms with E-state index in [2.05, 4.69) is 0 Å². The number of carbonyl (C=O) groups is 3. The molecule has 0 spiro atoms. The van der Waals surface area contributed by atoms with Crippen LogP contribution in [-0.4, -0.2) is 22.6 Å². The van der Waals surface area contributed by atoms with Crippen LogP contribution in [-0.2, 0) is 16.1 Å². The van der Waals surface area contributed by atoms with Gasteiger partial charge in [-0.25, -0.2) is 5.84 Å². The molecule has 1 fully saturated rings. The molecule has 1 aliphatic heterocycles. The van der Waals surface area contributed by atoms with Crippen LogP contribution in [0.15, 0.2) is 16.7 Å². The first kappa shape index (κ1) is 13.3. The molecule has 7 heteroatoms. The first-order chi connectivity index (χ1) is 8.95. The van der Waals surface area contributed by atoms with Gasteiger partial charge in [0.1, 0.15) is 12.0 Å². The van der Waals surface area contributed by atoms with Gasteiger partial charge >= 0.3 is 0 Å². The first-order valence-electron chi connectivity index (χ1n) is 5.89. The van der Waals surface area contributed by atoms with Crippen molar-refractivity contribution in [1.29, 1.82) is 0 Å². The number of nitrogens with zero attached hydrogens (tertiary/aromatic N) is 1. The largest absolute Gasteiger partial charge is 0.467 e. The molecule has 2 atom stereocenters. The summed E-state index contributed by atoms with van der Waals surface area (Å²) in [6, 6.07) is 1.45. The number of nitrogens with one attached hydrogen (secondary N) is 1. The highest BCUT2D eigenvalue weighted by Gasteiger charge is 2.42. The predicted molar refractivity (Wildman–Crippen MR) is 64.2 cm³/mol. The van der Waals surface area contributed by atoms with Crippen molar-refractivity contribution in [2.75, 3.05) is 0 Å². The number of imide groups is 1. The van der Waals surface area contributed by atoms with Gasteiger partial charge < -0.3 is 4.42 Å². The Hall–Kier alpha value is -2.15. The normalized spacial score (nSPS) is 23.0. The summed E-state index contributed by atoms with van der Waals surface area (Å²) in [4.78, 5) is 36.2. The van der Waals surface area contributed by atoms with Crippen molar-refractivity contribution in [1.82, 2.24) is 10.3 Å². The second-order valence-corrected chi connectivity index (χ2v) is 4.62. The van der Waals surface area contributed by atoms with Crippen LogP contribution in [0, 0.1) is 11.8 Å². The van der Waals surface area contributed by atoms with E-state index >= 15 is 0 Å².